The molecule has 2 aromatic rings. The number of aromatic nitrogens is 1. The van der Waals surface area contributed by atoms with Crippen LogP contribution < -0.4 is 10.1 Å². The lowest BCUT2D eigenvalue weighted by Gasteiger charge is -2.11. The van der Waals surface area contributed by atoms with Gasteiger partial charge in [0.1, 0.15) is 5.75 Å². The number of carbonyl (C=O) groups excluding carboxylic acids is 1. The number of benzene rings is 1. The van der Waals surface area contributed by atoms with Crippen LogP contribution in [-0.2, 0) is 0 Å². The SMILES string of the molecule is CNC(=O)c1ccncc1Oc1ccc(SC)c(C)c1. The predicted octanol–water partition coefficient (Wildman–Crippen LogP) is 3.26. The first-order chi connectivity index (χ1) is 9.65. The van der Waals surface area contributed by atoms with Crippen molar-refractivity contribution >= 4 is 17.7 Å². The van der Waals surface area contributed by atoms with Gasteiger partial charge in [-0.25, -0.2) is 0 Å². The molecule has 0 unspecified atom stereocenters. The van der Waals surface area contributed by atoms with Gasteiger partial charge in [0.25, 0.3) is 5.91 Å². The predicted molar refractivity (Wildman–Crippen MR) is 80.7 cm³/mol. The zero-order valence-electron chi connectivity index (χ0n) is 11.6. The summed E-state index contributed by atoms with van der Waals surface area (Å²) >= 11 is 1.69. The molecule has 0 radical (unpaired) electrons. The third-order valence-electron chi connectivity index (χ3n) is 2.85. The normalized spacial score (nSPS) is 10.2. The first-order valence-corrected chi connectivity index (χ1v) is 7.36. The molecule has 1 N–H and O–H groups in total. The van der Waals surface area contributed by atoms with Crippen molar-refractivity contribution in [2.45, 2.75) is 11.8 Å². The molecular formula is C15H16N2O2S. The van der Waals surface area contributed by atoms with Crippen LogP contribution in [0, 0.1) is 6.92 Å². The zero-order chi connectivity index (χ0) is 14.5. The van der Waals surface area contributed by atoms with Gasteiger partial charge < -0.3 is 10.1 Å². The van der Waals surface area contributed by atoms with Gasteiger partial charge in [0.15, 0.2) is 5.75 Å². The van der Waals surface area contributed by atoms with Gasteiger partial charge in [-0.3, -0.25) is 9.78 Å². The van der Waals surface area contributed by atoms with Crippen molar-refractivity contribution in [3.8, 4) is 11.5 Å². The maximum atomic E-state index is 11.8. The second kappa shape index (κ2) is 6.43. The van der Waals surface area contributed by atoms with Crippen LogP contribution in [0.2, 0.25) is 0 Å². The minimum Gasteiger partial charge on any atom is -0.455 e. The Morgan fingerprint density at radius 1 is 1.35 bits per heavy atom. The first-order valence-electron chi connectivity index (χ1n) is 6.14. The molecule has 0 aliphatic carbocycles. The summed E-state index contributed by atoms with van der Waals surface area (Å²) < 4.78 is 5.78. The van der Waals surface area contributed by atoms with E-state index in [1.165, 1.54) is 4.90 Å². The van der Waals surface area contributed by atoms with E-state index >= 15 is 0 Å². The Bertz CT molecular complexity index is 629. The molecule has 0 saturated carbocycles. The lowest BCUT2D eigenvalue weighted by atomic mass is 10.2. The molecule has 5 heteroatoms. The van der Waals surface area contributed by atoms with Gasteiger partial charge >= 0.3 is 0 Å². The number of amides is 1. The van der Waals surface area contributed by atoms with Crippen LogP contribution in [-0.4, -0.2) is 24.2 Å². The molecule has 2 rings (SSSR count). The fourth-order valence-electron chi connectivity index (χ4n) is 1.82. The van der Waals surface area contributed by atoms with Crippen molar-refractivity contribution in [2.24, 2.45) is 0 Å². The number of hydrogen-bond donors (Lipinski definition) is 1. The van der Waals surface area contributed by atoms with E-state index in [-0.39, 0.29) is 5.91 Å². The van der Waals surface area contributed by atoms with Crippen LogP contribution in [0.5, 0.6) is 11.5 Å². The summed E-state index contributed by atoms with van der Waals surface area (Å²) in [6, 6.07) is 7.48. The van der Waals surface area contributed by atoms with Crippen molar-refractivity contribution < 1.29 is 9.53 Å². The maximum Gasteiger partial charge on any atom is 0.254 e. The Hall–Kier alpha value is -2.01. The van der Waals surface area contributed by atoms with Gasteiger partial charge in [0.05, 0.1) is 11.8 Å². The number of ether oxygens (including phenoxy) is 1. The third-order valence-corrected chi connectivity index (χ3v) is 3.75. The van der Waals surface area contributed by atoms with E-state index < -0.39 is 0 Å². The standard InChI is InChI=1S/C15H16N2O2S/c1-10-8-11(4-5-14(10)20-3)19-13-9-17-7-6-12(13)15(18)16-2/h4-9H,1-3H3,(H,16,18). The van der Waals surface area contributed by atoms with Crippen LogP contribution in [0.25, 0.3) is 0 Å². The second-order valence-corrected chi connectivity index (χ2v) is 5.03. The fraction of sp³-hybridized carbons (Fsp3) is 0.200. The Balaban J connectivity index is 2.30. The molecule has 20 heavy (non-hydrogen) atoms. The molecule has 0 spiro atoms. The number of hydrogen-bond acceptors (Lipinski definition) is 4. The van der Waals surface area contributed by atoms with Gasteiger partial charge in [-0.2, -0.15) is 0 Å². The minimum absolute atomic E-state index is 0.195. The van der Waals surface area contributed by atoms with E-state index in [9.17, 15) is 4.79 Å². The lowest BCUT2D eigenvalue weighted by Crippen LogP contribution is -2.18. The van der Waals surface area contributed by atoms with Crippen LogP contribution in [0.3, 0.4) is 0 Å². The molecule has 1 aromatic carbocycles. The van der Waals surface area contributed by atoms with E-state index in [1.807, 2.05) is 31.4 Å². The number of rotatable bonds is 4. The highest BCUT2D eigenvalue weighted by Gasteiger charge is 2.12. The van der Waals surface area contributed by atoms with Gasteiger partial charge in [-0.1, -0.05) is 0 Å². The molecular weight excluding hydrogens is 272 g/mol. The number of pyridine rings is 1. The van der Waals surface area contributed by atoms with Gasteiger partial charge in [0.2, 0.25) is 0 Å². The van der Waals surface area contributed by atoms with E-state index in [4.69, 9.17) is 4.74 Å². The highest BCUT2D eigenvalue weighted by molar-refractivity contribution is 7.98. The summed E-state index contributed by atoms with van der Waals surface area (Å²) in [4.78, 5) is 17.0. The molecule has 0 saturated heterocycles. The number of carbonyl (C=O) groups is 1. The van der Waals surface area contributed by atoms with E-state index in [0.717, 1.165) is 5.56 Å². The van der Waals surface area contributed by atoms with Crippen LogP contribution in [0.4, 0.5) is 0 Å². The summed E-state index contributed by atoms with van der Waals surface area (Å²) in [7, 11) is 1.59. The second-order valence-electron chi connectivity index (χ2n) is 4.18. The molecule has 1 heterocycles. The molecule has 0 fully saturated rings. The first kappa shape index (κ1) is 14.4. The van der Waals surface area contributed by atoms with E-state index in [0.29, 0.717) is 17.1 Å². The molecule has 0 atom stereocenters. The van der Waals surface area contributed by atoms with Crippen molar-refractivity contribution in [3.63, 3.8) is 0 Å². The summed E-state index contributed by atoms with van der Waals surface area (Å²) in [6.07, 6.45) is 5.15. The lowest BCUT2D eigenvalue weighted by molar-refractivity contribution is 0.0960. The third kappa shape index (κ3) is 3.11. The van der Waals surface area contributed by atoms with Crippen LogP contribution in [0.1, 0.15) is 15.9 Å². The van der Waals surface area contributed by atoms with Crippen molar-refractivity contribution in [2.75, 3.05) is 13.3 Å². The monoisotopic (exact) mass is 288 g/mol. The summed E-state index contributed by atoms with van der Waals surface area (Å²) in [5.41, 5.74) is 1.61. The van der Waals surface area contributed by atoms with E-state index in [2.05, 4.69) is 10.3 Å². The number of nitrogens with one attached hydrogen (secondary N) is 1. The quantitative estimate of drug-likeness (QED) is 0.877. The fourth-order valence-corrected chi connectivity index (χ4v) is 2.41. The average molecular weight is 288 g/mol. The molecule has 1 amide bonds. The molecule has 0 aliphatic rings. The van der Waals surface area contributed by atoms with Crippen molar-refractivity contribution in [1.29, 1.82) is 0 Å². The van der Waals surface area contributed by atoms with Crippen LogP contribution >= 0.6 is 11.8 Å². The van der Waals surface area contributed by atoms with Crippen molar-refractivity contribution in [3.05, 3.63) is 47.8 Å². The summed E-state index contributed by atoms with van der Waals surface area (Å²) in [5.74, 6) is 0.946. The molecule has 4 nitrogen and oxygen atoms in total. The van der Waals surface area contributed by atoms with Crippen LogP contribution in [0.15, 0.2) is 41.6 Å². The molecule has 1 aromatic heterocycles. The summed E-state index contributed by atoms with van der Waals surface area (Å²) in [5, 5.41) is 2.59. The zero-order valence-corrected chi connectivity index (χ0v) is 12.5. The average Bonchev–Trinajstić information content (AvgIpc) is 2.47. The Kier molecular flexibility index (Phi) is 4.63. The molecule has 0 bridgehead atoms. The summed E-state index contributed by atoms with van der Waals surface area (Å²) in [6.45, 7) is 2.03. The van der Waals surface area contributed by atoms with Gasteiger partial charge in [0, 0.05) is 18.1 Å². The minimum atomic E-state index is -0.195. The highest BCUT2D eigenvalue weighted by Crippen LogP contribution is 2.28. The number of thioether (sulfide) groups is 1. The molecule has 104 valence electrons. The topological polar surface area (TPSA) is 51.2 Å². The van der Waals surface area contributed by atoms with E-state index in [1.54, 1.807) is 37.3 Å². The Morgan fingerprint density at radius 2 is 2.15 bits per heavy atom. The Morgan fingerprint density at radius 3 is 2.80 bits per heavy atom. The maximum absolute atomic E-state index is 11.8. The van der Waals surface area contributed by atoms with Gasteiger partial charge in [-0.05, 0) is 43.0 Å². The largest absolute Gasteiger partial charge is 0.455 e. The highest BCUT2D eigenvalue weighted by atomic mass is 32.2. The van der Waals surface area contributed by atoms with Crippen molar-refractivity contribution in [1.82, 2.24) is 10.3 Å². The molecule has 0 aliphatic heterocycles. The smallest absolute Gasteiger partial charge is 0.254 e. The number of nitrogens with zero attached hydrogens (tertiary/aromatic N) is 1. The van der Waals surface area contributed by atoms with Gasteiger partial charge in [-0.15, -0.1) is 11.8 Å². The Labute approximate surface area is 122 Å². The number of aryl methyl sites for hydroxylation is 1.